The third-order valence-corrected chi connectivity index (χ3v) is 3.07. The van der Waals surface area contributed by atoms with Crippen LogP contribution < -0.4 is 4.74 Å². The third kappa shape index (κ3) is 2.77. The normalized spacial score (nSPS) is 23.4. The summed E-state index contributed by atoms with van der Waals surface area (Å²) in [6, 6.07) is 9.19. The Morgan fingerprint density at radius 2 is 2.12 bits per heavy atom. The molecular weight excluding hydrogens is 218 g/mol. The van der Waals surface area contributed by atoms with Gasteiger partial charge in [-0.3, -0.25) is 0 Å². The zero-order valence-corrected chi connectivity index (χ0v) is 10.1. The molecule has 1 aliphatic heterocycles. The summed E-state index contributed by atoms with van der Waals surface area (Å²) in [5, 5.41) is 0. The molecule has 17 heavy (non-hydrogen) atoms. The number of carbonyl (C=O) groups is 1. The van der Waals surface area contributed by atoms with E-state index in [-0.39, 0.29) is 18.2 Å². The maximum atomic E-state index is 11.9. The van der Waals surface area contributed by atoms with Crippen LogP contribution in [0.1, 0.15) is 13.3 Å². The minimum absolute atomic E-state index is 0.0725. The predicted octanol–water partition coefficient (Wildman–Crippen LogP) is 2.29. The van der Waals surface area contributed by atoms with Gasteiger partial charge in [0.2, 0.25) is 0 Å². The lowest BCUT2D eigenvalue weighted by Gasteiger charge is -2.25. The van der Waals surface area contributed by atoms with Crippen molar-refractivity contribution >= 4 is 6.09 Å². The second-order valence-corrected chi connectivity index (χ2v) is 4.22. The second kappa shape index (κ2) is 5.19. The molecule has 1 aliphatic rings. The van der Waals surface area contributed by atoms with Crippen LogP contribution in [0.3, 0.4) is 0 Å². The van der Waals surface area contributed by atoms with E-state index in [1.807, 2.05) is 25.1 Å². The van der Waals surface area contributed by atoms with Gasteiger partial charge in [0.25, 0.3) is 0 Å². The van der Waals surface area contributed by atoms with Crippen LogP contribution in [-0.2, 0) is 4.74 Å². The molecule has 4 nitrogen and oxygen atoms in total. The van der Waals surface area contributed by atoms with E-state index in [9.17, 15) is 4.79 Å². The Morgan fingerprint density at radius 1 is 1.41 bits per heavy atom. The first-order valence-corrected chi connectivity index (χ1v) is 5.80. The lowest BCUT2D eigenvalue weighted by Crippen LogP contribution is -2.42. The highest BCUT2D eigenvalue weighted by Crippen LogP contribution is 2.19. The largest absolute Gasteiger partial charge is 0.415 e. The quantitative estimate of drug-likeness (QED) is 0.789. The highest BCUT2D eigenvalue weighted by Gasteiger charge is 2.31. The highest BCUT2D eigenvalue weighted by molar-refractivity contribution is 5.70. The predicted molar refractivity (Wildman–Crippen MR) is 64.0 cm³/mol. The van der Waals surface area contributed by atoms with Crippen molar-refractivity contribution < 1.29 is 14.3 Å². The average molecular weight is 235 g/mol. The van der Waals surface area contributed by atoms with Crippen LogP contribution in [0.15, 0.2) is 30.3 Å². The molecule has 4 heteroatoms. The zero-order valence-electron chi connectivity index (χ0n) is 10.1. The van der Waals surface area contributed by atoms with Crippen LogP contribution in [0.25, 0.3) is 0 Å². The van der Waals surface area contributed by atoms with E-state index in [0.29, 0.717) is 12.4 Å². The molecule has 2 atom stereocenters. The van der Waals surface area contributed by atoms with Crippen LogP contribution in [-0.4, -0.2) is 36.8 Å². The summed E-state index contributed by atoms with van der Waals surface area (Å²) in [5.41, 5.74) is 0. The molecule has 0 aliphatic carbocycles. The lowest BCUT2D eigenvalue weighted by molar-refractivity contribution is 0.0809. The topological polar surface area (TPSA) is 38.8 Å². The number of amides is 1. The minimum Gasteiger partial charge on any atom is -0.410 e. The van der Waals surface area contributed by atoms with E-state index < -0.39 is 0 Å². The van der Waals surface area contributed by atoms with Gasteiger partial charge in [0.1, 0.15) is 5.75 Å². The number of rotatable bonds is 2. The van der Waals surface area contributed by atoms with Gasteiger partial charge in [0.05, 0.1) is 12.1 Å². The van der Waals surface area contributed by atoms with Gasteiger partial charge in [-0.15, -0.1) is 0 Å². The zero-order chi connectivity index (χ0) is 12.3. The van der Waals surface area contributed by atoms with Crippen molar-refractivity contribution in [2.45, 2.75) is 25.5 Å². The SMILES string of the molecule is CC1OCCC1N(C)C(=O)Oc1ccccc1. The molecule has 0 spiro atoms. The van der Waals surface area contributed by atoms with Crippen molar-refractivity contribution in [2.75, 3.05) is 13.7 Å². The molecule has 0 aromatic heterocycles. The molecule has 1 saturated heterocycles. The summed E-state index contributed by atoms with van der Waals surface area (Å²) in [6.07, 6.45) is 0.601. The molecule has 0 N–H and O–H groups in total. The Balaban J connectivity index is 1.96. The van der Waals surface area contributed by atoms with Gasteiger partial charge in [-0.1, -0.05) is 18.2 Å². The second-order valence-electron chi connectivity index (χ2n) is 4.22. The summed E-state index contributed by atoms with van der Waals surface area (Å²) in [6.45, 7) is 2.68. The number of hydrogen-bond acceptors (Lipinski definition) is 3. The average Bonchev–Trinajstić information content (AvgIpc) is 2.76. The standard InChI is InChI=1S/C13H17NO3/c1-10-12(8-9-16-10)14(2)13(15)17-11-6-4-3-5-7-11/h3-7,10,12H,8-9H2,1-2H3. The van der Waals surface area contributed by atoms with Crippen LogP contribution in [0.5, 0.6) is 5.75 Å². The number of nitrogens with zero attached hydrogens (tertiary/aromatic N) is 1. The van der Waals surface area contributed by atoms with Gasteiger partial charge in [0, 0.05) is 13.7 Å². The van der Waals surface area contributed by atoms with Crippen LogP contribution in [0, 0.1) is 0 Å². The molecule has 92 valence electrons. The molecule has 0 radical (unpaired) electrons. The first-order chi connectivity index (χ1) is 8.18. The van der Waals surface area contributed by atoms with Crippen LogP contribution in [0.2, 0.25) is 0 Å². The summed E-state index contributed by atoms with van der Waals surface area (Å²) in [7, 11) is 1.75. The molecule has 2 rings (SSSR count). The van der Waals surface area contributed by atoms with E-state index in [2.05, 4.69) is 0 Å². The van der Waals surface area contributed by atoms with Gasteiger partial charge in [-0.2, -0.15) is 0 Å². The van der Waals surface area contributed by atoms with E-state index in [0.717, 1.165) is 6.42 Å². The number of hydrogen-bond donors (Lipinski definition) is 0. The number of benzene rings is 1. The van der Waals surface area contributed by atoms with E-state index in [1.165, 1.54) is 0 Å². The van der Waals surface area contributed by atoms with Gasteiger partial charge >= 0.3 is 6.09 Å². The van der Waals surface area contributed by atoms with Gasteiger partial charge in [-0.05, 0) is 25.5 Å². The highest BCUT2D eigenvalue weighted by atomic mass is 16.6. The maximum absolute atomic E-state index is 11.9. The van der Waals surface area contributed by atoms with Crippen LogP contribution in [0.4, 0.5) is 4.79 Å². The molecule has 2 unspecified atom stereocenters. The van der Waals surface area contributed by atoms with Crippen molar-refractivity contribution in [1.29, 1.82) is 0 Å². The monoisotopic (exact) mass is 235 g/mol. The lowest BCUT2D eigenvalue weighted by atomic mass is 10.1. The Labute approximate surface area is 101 Å². The summed E-state index contributed by atoms with van der Waals surface area (Å²) >= 11 is 0. The molecule has 1 aromatic rings. The van der Waals surface area contributed by atoms with Crippen molar-refractivity contribution in [2.24, 2.45) is 0 Å². The van der Waals surface area contributed by atoms with Gasteiger partial charge in [0.15, 0.2) is 0 Å². The van der Waals surface area contributed by atoms with Crippen molar-refractivity contribution in [1.82, 2.24) is 4.90 Å². The minimum atomic E-state index is -0.335. The Kier molecular flexibility index (Phi) is 3.64. The molecule has 1 fully saturated rings. The molecule has 0 bridgehead atoms. The number of ether oxygens (including phenoxy) is 2. The fourth-order valence-corrected chi connectivity index (χ4v) is 2.03. The summed E-state index contributed by atoms with van der Waals surface area (Å²) in [5.74, 6) is 0.566. The van der Waals surface area contributed by atoms with Crippen LogP contribution >= 0.6 is 0 Å². The molecule has 1 aromatic carbocycles. The first-order valence-electron chi connectivity index (χ1n) is 5.80. The molecule has 1 amide bonds. The Morgan fingerprint density at radius 3 is 2.71 bits per heavy atom. The first kappa shape index (κ1) is 11.9. The maximum Gasteiger partial charge on any atom is 0.415 e. The smallest absolute Gasteiger partial charge is 0.410 e. The van der Waals surface area contributed by atoms with Crippen molar-refractivity contribution in [3.05, 3.63) is 30.3 Å². The van der Waals surface area contributed by atoms with E-state index >= 15 is 0 Å². The summed E-state index contributed by atoms with van der Waals surface area (Å²) < 4.78 is 10.7. The van der Waals surface area contributed by atoms with Gasteiger partial charge < -0.3 is 14.4 Å². The van der Waals surface area contributed by atoms with Crippen molar-refractivity contribution in [3.63, 3.8) is 0 Å². The number of para-hydroxylation sites is 1. The molecule has 0 saturated carbocycles. The fourth-order valence-electron chi connectivity index (χ4n) is 2.03. The van der Waals surface area contributed by atoms with Gasteiger partial charge in [-0.25, -0.2) is 4.79 Å². The number of carbonyl (C=O) groups excluding carboxylic acids is 1. The van der Waals surface area contributed by atoms with E-state index in [4.69, 9.17) is 9.47 Å². The third-order valence-electron chi connectivity index (χ3n) is 3.07. The number of likely N-dealkylation sites (N-methyl/N-ethyl adjacent to an activating group) is 1. The summed E-state index contributed by atoms with van der Waals surface area (Å²) in [4.78, 5) is 13.5. The Bertz CT molecular complexity index is 380. The van der Waals surface area contributed by atoms with E-state index in [1.54, 1.807) is 24.1 Å². The fraction of sp³-hybridized carbons (Fsp3) is 0.462. The molecule has 1 heterocycles. The Hall–Kier alpha value is -1.55. The molecular formula is C13H17NO3. The van der Waals surface area contributed by atoms with Crippen molar-refractivity contribution in [3.8, 4) is 5.75 Å².